The van der Waals surface area contributed by atoms with Crippen molar-refractivity contribution in [1.82, 2.24) is 0 Å². The number of carbonyl (C=O) groups excluding carboxylic acids is 4. The van der Waals surface area contributed by atoms with Crippen LogP contribution in [0.3, 0.4) is 0 Å². The molecule has 0 bridgehead atoms. The average molecular weight is 1370 g/mol. The van der Waals surface area contributed by atoms with Gasteiger partial charge in [-0.2, -0.15) is 0 Å². The number of carbonyl (C=O) groups is 4. The SMILES string of the molecule is CCC(C)CCCCCCCCCCC(=O)O[C@H](COC(=O)CCCCCCCCCCCCCCCCCCC(C)C)COP(=O)(O)OCC(O)COP(=O)(O)OC[C@@H](COC(=O)CCCCCCCCCCC(C)C)OC(=O)CCCCCCCCCCC(C)C. The zero-order valence-corrected chi connectivity index (χ0v) is 62.7. The van der Waals surface area contributed by atoms with E-state index in [9.17, 15) is 43.2 Å². The average Bonchev–Trinajstić information content (AvgIpc) is 3.68. The van der Waals surface area contributed by atoms with Crippen LogP contribution in [0.5, 0.6) is 0 Å². The van der Waals surface area contributed by atoms with E-state index in [0.29, 0.717) is 25.7 Å². The number of rotatable bonds is 71. The van der Waals surface area contributed by atoms with Gasteiger partial charge in [0.15, 0.2) is 12.2 Å². The van der Waals surface area contributed by atoms with Crippen LogP contribution in [0, 0.1) is 23.7 Å². The Labute approximate surface area is 568 Å². The summed E-state index contributed by atoms with van der Waals surface area (Å²) < 4.78 is 68.4. The third kappa shape index (κ3) is 67.0. The highest BCUT2D eigenvalue weighted by Crippen LogP contribution is 2.45. The highest BCUT2D eigenvalue weighted by molar-refractivity contribution is 7.47. The maximum atomic E-state index is 13.1. The van der Waals surface area contributed by atoms with E-state index >= 15 is 0 Å². The van der Waals surface area contributed by atoms with Crippen molar-refractivity contribution in [2.75, 3.05) is 39.6 Å². The summed E-state index contributed by atoms with van der Waals surface area (Å²) in [5, 5.41) is 10.6. The highest BCUT2D eigenvalue weighted by Gasteiger charge is 2.30. The molecule has 0 saturated heterocycles. The van der Waals surface area contributed by atoms with Gasteiger partial charge in [-0.25, -0.2) is 9.13 Å². The molecule has 0 amide bonds. The lowest BCUT2D eigenvalue weighted by atomic mass is 9.99. The van der Waals surface area contributed by atoms with Gasteiger partial charge in [-0.1, -0.05) is 319 Å². The van der Waals surface area contributed by atoms with Crippen LogP contribution in [0.4, 0.5) is 0 Å². The molecule has 93 heavy (non-hydrogen) atoms. The molecule has 0 aromatic carbocycles. The predicted octanol–water partition coefficient (Wildman–Crippen LogP) is 21.3. The smallest absolute Gasteiger partial charge is 0.462 e. The number of unbranched alkanes of at least 4 members (excludes halogenated alkanes) is 36. The van der Waals surface area contributed by atoms with E-state index in [2.05, 4.69) is 55.4 Å². The van der Waals surface area contributed by atoms with Crippen LogP contribution in [0.15, 0.2) is 0 Å². The first kappa shape index (κ1) is 91.1. The van der Waals surface area contributed by atoms with Crippen LogP contribution < -0.4 is 0 Å². The number of esters is 4. The second-order valence-electron chi connectivity index (χ2n) is 28.4. The fraction of sp³-hybridized carbons (Fsp3) is 0.946. The Kier molecular flexibility index (Phi) is 62.2. The van der Waals surface area contributed by atoms with Crippen molar-refractivity contribution in [3.05, 3.63) is 0 Å². The number of ether oxygens (including phenoxy) is 4. The number of aliphatic hydroxyl groups excluding tert-OH is 1. The van der Waals surface area contributed by atoms with Crippen molar-refractivity contribution in [2.45, 2.75) is 388 Å². The van der Waals surface area contributed by atoms with E-state index in [1.54, 1.807) is 0 Å². The second kappa shape index (κ2) is 63.5. The molecule has 552 valence electrons. The molecule has 0 spiro atoms. The number of hydrogen-bond acceptors (Lipinski definition) is 15. The first-order chi connectivity index (χ1) is 44.6. The van der Waals surface area contributed by atoms with Crippen LogP contribution in [-0.4, -0.2) is 96.7 Å². The molecule has 0 aliphatic rings. The van der Waals surface area contributed by atoms with Gasteiger partial charge in [0.2, 0.25) is 0 Å². The summed E-state index contributed by atoms with van der Waals surface area (Å²) in [7, 11) is -9.91. The summed E-state index contributed by atoms with van der Waals surface area (Å²) in [6.45, 7) is 14.1. The molecule has 4 unspecified atom stereocenters. The Balaban J connectivity index is 5.21. The van der Waals surface area contributed by atoms with Gasteiger partial charge in [0.25, 0.3) is 0 Å². The predicted molar refractivity (Wildman–Crippen MR) is 377 cm³/mol. The normalized spacial score (nSPS) is 14.5. The third-order valence-electron chi connectivity index (χ3n) is 17.4. The van der Waals surface area contributed by atoms with Crippen molar-refractivity contribution in [3.63, 3.8) is 0 Å². The molecule has 0 radical (unpaired) electrons. The Morgan fingerprint density at radius 1 is 0.301 bits per heavy atom. The molecule has 0 aliphatic carbocycles. The standard InChI is InChI=1S/C74H144O17P2/c1-9-67(8)53-45-37-29-22-25-33-41-49-57-74(79)91-69(60-84-71(76)54-46-38-30-19-17-15-13-11-10-12-14-16-18-26-34-42-50-64(2)3)62-88-92(80,81)86-58-68(75)59-87-93(82,83)89-63-70(90-73(78)56-48-40-32-24-21-28-36-44-52-66(6)7)61-85-72(77)55-47-39-31-23-20-27-35-43-51-65(4)5/h64-70,75H,9-63H2,1-8H3,(H,80,81)(H,82,83)/t67?,68?,69-,70-/m1/s1. The maximum Gasteiger partial charge on any atom is 0.472 e. The van der Waals surface area contributed by atoms with Crippen LogP contribution in [0.2, 0.25) is 0 Å². The summed E-state index contributed by atoms with van der Waals surface area (Å²) >= 11 is 0. The van der Waals surface area contributed by atoms with Gasteiger partial charge in [0.1, 0.15) is 19.3 Å². The summed E-state index contributed by atoms with van der Waals surface area (Å²) in [6, 6.07) is 0. The highest BCUT2D eigenvalue weighted by atomic mass is 31.2. The van der Waals surface area contributed by atoms with Gasteiger partial charge in [-0.3, -0.25) is 37.3 Å². The van der Waals surface area contributed by atoms with Gasteiger partial charge >= 0.3 is 39.5 Å². The van der Waals surface area contributed by atoms with E-state index in [1.165, 1.54) is 173 Å². The van der Waals surface area contributed by atoms with Crippen LogP contribution in [0.25, 0.3) is 0 Å². The summed E-state index contributed by atoms with van der Waals surface area (Å²) in [6.07, 6.45) is 47.3. The monoisotopic (exact) mass is 1370 g/mol. The van der Waals surface area contributed by atoms with Gasteiger partial charge in [-0.05, 0) is 49.4 Å². The zero-order valence-electron chi connectivity index (χ0n) is 60.9. The minimum atomic E-state index is -4.96. The fourth-order valence-corrected chi connectivity index (χ4v) is 12.7. The summed E-state index contributed by atoms with van der Waals surface area (Å²) in [5.74, 6) is 0.899. The van der Waals surface area contributed by atoms with E-state index < -0.39 is 97.5 Å². The molecule has 0 heterocycles. The van der Waals surface area contributed by atoms with Crippen molar-refractivity contribution < 1.29 is 80.2 Å². The zero-order chi connectivity index (χ0) is 68.9. The Hall–Kier alpha value is -1.94. The van der Waals surface area contributed by atoms with Gasteiger partial charge in [0.05, 0.1) is 26.4 Å². The van der Waals surface area contributed by atoms with Crippen molar-refractivity contribution in [2.24, 2.45) is 23.7 Å². The van der Waals surface area contributed by atoms with E-state index in [0.717, 1.165) is 114 Å². The number of hydrogen-bond donors (Lipinski definition) is 3. The van der Waals surface area contributed by atoms with E-state index in [1.807, 2.05) is 0 Å². The molecule has 17 nitrogen and oxygen atoms in total. The van der Waals surface area contributed by atoms with Crippen molar-refractivity contribution >= 4 is 39.5 Å². The number of phosphoric ester groups is 2. The molecule has 0 aliphatic heterocycles. The third-order valence-corrected chi connectivity index (χ3v) is 19.3. The van der Waals surface area contributed by atoms with Crippen LogP contribution in [0.1, 0.15) is 370 Å². The molecule has 0 aromatic heterocycles. The molecule has 0 aromatic rings. The van der Waals surface area contributed by atoms with E-state index in [-0.39, 0.29) is 25.7 Å². The molecule has 0 saturated carbocycles. The molecule has 0 rings (SSSR count). The van der Waals surface area contributed by atoms with Crippen LogP contribution in [-0.2, 0) is 65.4 Å². The molecule has 6 atom stereocenters. The fourth-order valence-electron chi connectivity index (χ4n) is 11.2. The lowest BCUT2D eigenvalue weighted by Gasteiger charge is -2.21. The van der Waals surface area contributed by atoms with Crippen molar-refractivity contribution in [3.8, 4) is 0 Å². The topological polar surface area (TPSA) is 237 Å². The molecule has 3 N–H and O–H groups in total. The molecular formula is C74H144O17P2. The second-order valence-corrected chi connectivity index (χ2v) is 31.3. The van der Waals surface area contributed by atoms with Crippen molar-refractivity contribution in [1.29, 1.82) is 0 Å². The first-order valence-corrected chi connectivity index (χ1v) is 41.2. The molecule has 0 fully saturated rings. The van der Waals surface area contributed by atoms with Gasteiger partial charge in [0, 0.05) is 25.7 Å². The Bertz CT molecular complexity index is 1840. The minimum Gasteiger partial charge on any atom is -0.462 e. The van der Waals surface area contributed by atoms with Gasteiger partial charge in [-0.15, -0.1) is 0 Å². The summed E-state index contributed by atoms with van der Waals surface area (Å²) in [4.78, 5) is 72.7. The number of aliphatic hydroxyl groups is 1. The lowest BCUT2D eigenvalue weighted by Crippen LogP contribution is -2.30. The molecular weight excluding hydrogens is 1220 g/mol. The maximum absolute atomic E-state index is 13.1. The lowest BCUT2D eigenvalue weighted by molar-refractivity contribution is -0.161. The van der Waals surface area contributed by atoms with Gasteiger partial charge < -0.3 is 33.8 Å². The Morgan fingerprint density at radius 2 is 0.516 bits per heavy atom. The summed E-state index contributed by atoms with van der Waals surface area (Å²) in [5.41, 5.74) is 0. The number of phosphoric acid groups is 2. The first-order valence-electron chi connectivity index (χ1n) is 38.2. The van der Waals surface area contributed by atoms with Crippen LogP contribution >= 0.6 is 15.6 Å². The largest absolute Gasteiger partial charge is 0.472 e. The van der Waals surface area contributed by atoms with E-state index in [4.69, 9.17) is 37.0 Å². The Morgan fingerprint density at radius 3 is 0.763 bits per heavy atom. The minimum absolute atomic E-state index is 0.103. The molecule has 19 heteroatoms. The quantitative estimate of drug-likeness (QED) is 0.0222.